The molecule has 0 atom stereocenters. The van der Waals surface area contributed by atoms with Gasteiger partial charge in [0.15, 0.2) is 0 Å². The van der Waals surface area contributed by atoms with Crippen LogP contribution in [0.25, 0.3) is 0 Å². The van der Waals surface area contributed by atoms with Crippen molar-refractivity contribution in [1.82, 2.24) is 4.98 Å². The van der Waals surface area contributed by atoms with Crippen LogP contribution in [0.1, 0.15) is 42.2 Å². The van der Waals surface area contributed by atoms with E-state index in [2.05, 4.69) is 22.1 Å². The molecule has 3 rings (SSSR count). The lowest BCUT2D eigenvalue weighted by atomic mass is 10.1. The third kappa shape index (κ3) is 3.70. The molecule has 4 nitrogen and oxygen atoms in total. The summed E-state index contributed by atoms with van der Waals surface area (Å²) in [5.74, 6) is -0.156. The maximum atomic E-state index is 12.4. The summed E-state index contributed by atoms with van der Waals surface area (Å²) in [5.41, 5.74) is 3.56. The van der Waals surface area contributed by atoms with Crippen LogP contribution in [0.4, 0.5) is 11.4 Å². The fraction of sp³-hybridized carbons (Fsp3) is 0.368. The Kier molecular flexibility index (Phi) is 4.91. The first-order valence-corrected chi connectivity index (χ1v) is 8.38. The van der Waals surface area contributed by atoms with Crippen molar-refractivity contribution < 1.29 is 4.79 Å². The number of benzene rings is 1. The number of amides is 1. The van der Waals surface area contributed by atoms with Crippen LogP contribution in [-0.2, 0) is 6.42 Å². The zero-order chi connectivity index (χ0) is 16.1. The topological polar surface area (TPSA) is 45.2 Å². The number of rotatable bonds is 4. The Labute approximate surface area is 137 Å². The highest BCUT2D eigenvalue weighted by Crippen LogP contribution is 2.20. The Bertz CT molecular complexity index is 661. The Morgan fingerprint density at radius 1 is 1.13 bits per heavy atom. The summed E-state index contributed by atoms with van der Waals surface area (Å²) in [6, 6.07) is 11.7. The zero-order valence-electron chi connectivity index (χ0n) is 13.6. The molecule has 120 valence electrons. The Hall–Kier alpha value is -2.36. The van der Waals surface area contributed by atoms with Gasteiger partial charge >= 0.3 is 0 Å². The summed E-state index contributed by atoms with van der Waals surface area (Å²) in [6.07, 6.45) is 6.47. The molecule has 1 aliphatic rings. The minimum absolute atomic E-state index is 0.156. The average molecular weight is 309 g/mol. The number of nitrogens with one attached hydrogen (secondary N) is 1. The smallest absolute Gasteiger partial charge is 0.274 e. The van der Waals surface area contributed by atoms with Gasteiger partial charge in [-0.2, -0.15) is 0 Å². The molecule has 0 radical (unpaired) electrons. The number of aryl methyl sites for hydroxylation is 1. The molecule has 23 heavy (non-hydrogen) atoms. The number of aromatic nitrogens is 1. The van der Waals surface area contributed by atoms with Crippen LogP contribution >= 0.6 is 0 Å². The molecule has 4 heteroatoms. The van der Waals surface area contributed by atoms with E-state index in [1.165, 1.54) is 19.3 Å². The molecule has 1 aromatic carbocycles. The van der Waals surface area contributed by atoms with Gasteiger partial charge in [-0.15, -0.1) is 0 Å². The van der Waals surface area contributed by atoms with E-state index in [0.29, 0.717) is 5.69 Å². The molecule has 0 spiro atoms. The van der Waals surface area contributed by atoms with Gasteiger partial charge in [-0.3, -0.25) is 4.79 Å². The SMILES string of the molecule is CCc1ccccc1NC(=O)c1ccc(N2CCCCC2)cn1. The van der Waals surface area contributed by atoms with Crippen molar-refractivity contribution in [3.63, 3.8) is 0 Å². The van der Waals surface area contributed by atoms with Gasteiger partial charge in [0.05, 0.1) is 11.9 Å². The van der Waals surface area contributed by atoms with Crippen LogP contribution in [-0.4, -0.2) is 24.0 Å². The Morgan fingerprint density at radius 3 is 2.61 bits per heavy atom. The molecule has 0 saturated carbocycles. The van der Waals surface area contributed by atoms with Gasteiger partial charge in [-0.25, -0.2) is 4.98 Å². The van der Waals surface area contributed by atoms with Gasteiger partial charge in [0.2, 0.25) is 0 Å². The van der Waals surface area contributed by atoms with Gasteiger partial charge in [0.1, 0.15) is 5.69 Å². The zero-order valence-corrected chi connectivity index (χ0v) is 13.6. The fourth-order valence-corrected chi connectivity index (χ4v) is 3.00. The second kappa shape index (κ2) is 7.27. The molecule has 0 bridgehead atoms. The van der Waals surface area contributed by atoms with Crippen LogP contribution in [0.3, 0.4) is 0 Å². The number of anilines is 2. The maximum Gasteiger partial charge on any atom is 0.274 e. The molecule has 1 saturated heterocycles. The average Bonchev–Trinajstić information content (AvgIpc) is 2.63. The summed E-state index contributed by atoms with van der Waals surface area (Å²) in [7, 11) is 0. The van der Waals surface area contributed by atoms with Crippen molar-refractivity contribution >= 4 is 17.3 Å². The lowest BCUT2D eigenvalue weighted by molar-refractivity contribution is 0.102. The van der Waals surface area contributed by atoms with Crippen LogP contribution in [0.5, 0.6) is 0 Å². The maximum absolute atomic E-state index is 12.4. The number of carbonyl (C=O) groups is 1. The van der Waals surface area contributed by atoms with E-state index >= 15 is 0 Å². The number of piperidine rings is 1. The van der Waals surface area contributed by atoms with Gasteiger partial charge < -0.3 is 10.2 Å². The number of carbonyl (C=O) groups excluding carboxylic acids is 1. The molecule has 1 aromatic heterocycles. The van der Waals surface area contributed by atoms with E-state index in [4.69, 9.17) is 0 Å². The summed E-state index contributed by atoms with van der Waals surface area (Å²) < 4.78 is 0. The van der Waals surface area contributed by atoms with Crippen LogP contribution in [0.15, 0.2) is 42.6 Å². The molecular weight excluding hydrogens is 286 g/mol. The third-order valence-electron chi connectivity index (χ3n) is 4.35. The second-order valence-electron chi connectivity index (χ2n) is 5.91. The minimum atomic E-state index is -0.156. The lowest BCUT2D eigenvalue weighted by Crippen LogP contribution is -2.29. The van der Waals surface area contributed by atoms with E-state index in [1.54, 1.807) is 0 Å². The highest BCUT2D eigenvalue weighted by atomic mass is 16.1. The molecule has 1 amide bonds. The number of para-hydroxylation sites is 1. The summed E-state index contributed by atoms with van der Waals surface area (Å²) in [6.45, 7) is 4.24. The van der Waals surface area contributed by atoms with Gasteiger partial charge in [-0.1, -0.05) is 25.1 Å². The number of hydrogen-bond acceptors (Lipinski definition) is 3. The summed E-state index contributed by atoms with van der Waals surface area (Å²) in [5, 5.41) is 2.96. The van der Waals surface area contributed by atoms with Crippen molar-refractivity contribution in [3.8, 4) is 0 Å². The molecule has 0 unspecified atom stereocenters. The van der Waals surface area contributed by atoms with Crippen molar-refractivity contribution in [2.75, 3.05) is 23.3 Å². The largest absolute Gasteiger partial charge is 0.370 e. The monoisotopic (exact) mass is 309 g/mol. The predicted octanol–water partition coefficient (Wildman–Crippen LogP) is 3.89. The molecule has 1 fully saturated rings. The number of hydrogen-bond donors (Lipinski definition) is 1. The quantitative estimate of drug-likeness (QED) is 0.932. The van der Waals surface area contributed by atoms with E-state index in [0.717, 1.165) is 36.4 Å². The first-order valence-electron chi connectivity index (χ1n) is 8.38. The molecule has 2 heterocycles. The molecule has 0 aliphatic carbocycles. The number of pyridine rings is 1. The molecule has 1 N–H and O–H groups in total. The molecule has 2 aromatic rings. The Balaban J connectivity index is 1.70. The standard InChI is InChI=1S/C19H23N3O/c1-2-15-8-4-5-9-17(15)21-19(23)18-11-10-16(14-20-18)22-12-6-3-7-13-22/h4-5,8-11,14H,2-3,6-7,12-13H2,1H3,(H,21,23). The van der Waals surface area contributed by atoms with Crippen molar-refractivity contribution in [3.05, 3.63) is 53.9 Å². The highest BCUT2D eigenvalue weighted by molar-refractivity contribution is 6.03. The normalized spacial score (nSPS) is 14.6. The Morgan fingerprint density at radius 2 is 1.91 bits per heavy atom. The summed E-state index contributed by atoms with van der Waals surface area (Å²) in [4.78, 5) is 19.1. The van der Waals surface area contributed by atoms with Gasteiger partial charge in [0.25, 0.3) is 5.91 Å². The van der Waals surface area contributed by atoms with E-state index in [9.17, 15) is 4.79 Å². The number of nitrogens with zero attached hydrogens (tertiary/aromatic N) is 2. The molecular formula is C19H23N3O. The highest BCUT2D eigenvalue weighted by Gasteiger charge is 2.13. The third-order valence-corrected chi connectivity index (χ3v) is 4.35. The van der Waals surface area contributed by atoms with Gasteiger partial charge in [0, 0.05) is 18.8 Å². The van der Waals surface area contributed by atoms with E-state index in [1.807, 2.05) is 42.6 Å². The first-order chi connectivity index (χ1) is 11.3. The van der Waals surface area contributed by atoms with Crippen LogP contribution < -0.4 is 10.2 Å². The minimum Gasteiger partial charge on any atom is -0.370 e. The fourth-order valence-electron chi connectivity index (χ4n) is 3.00. The van der Waals surface area contributed by atoms with Gasteiger partial charge in [-0.05, 0) is 49.4 Å². The predicted molar refractivity (Wildman–Crippen MR) is 94.1 cm³/mol. The lowest BCUT2D eigenvalue weighted by Gasteiger charge is -2.28. The van der Waals surface area contributed by atoms with Crippen LogP contribution in [0.2, 0.25) is 0 Å². The van der Waals surface area contributed by atoms with E-state index in [-0.39, 0.29) is 5.91 Å². The van der Waals surface area contributed by atoms with Crippen molar-refractivity contribution in [2.45, 2.75) is 32.6 Å². The van der Waals surface area contributed by atoms with Crippen molar-refractivity contribution in [1.29, 1.82) is 0 Å². The summed E-state index contributed by atoms with van der Waals surface area (Å²) >= 11 is 0. The first kappa shape index (κ1) is 15.5. The molecule has 1 aliphatic heterocycles. The van der Waals surface area contributed by atoms with E-state index < -0.39 is 0 Å². The van der Waals surface area contributed by atoms with Crippen molar-refractivity contribution in [2.24, 2.45) is 0 Å². The van der Waals surface area contributed by atoms with Crippen LogP contribution in [0, 0.1) is 0 Å². The second-order valence-corrected chi connectivity index (χ2v) is 5.91.